The molecule has 1 aliphatic carbocycles. The predicted octanol–water partition coefficient (Wildman–Crippen LogP) is 2.29. The van der Waals surface area contributed by atoms with Gasteiger partial charge in [-0.25, -0.2) is 0 Å². The molecule has 0 heterocycles. The van der Waals surface area contributed by atoms with Gasteiger partial charge in [0, 0.05) is 12.6 Å². The topological polar surface area (TPSA) is 32.3 Å². The molecule has 16 heavy (non-hydrogen) atoms. The van der Waals surface area contributed by atoms with Crippen molar-refractivity contribution in [2.24, 2.45) is 0 Å². The Morgan fingerprint density at radius 1 is 1.31 bits per heavy atom. The van der Waals surface area contributed by atoms with Crippen LogP contribution in [0.3, 0.4) is 0 Å². The number of aliphatic hydroxyl groups is 1. The second-order valence-electron chi connectivity index (χ2n) is 4.88. The second kappa shape index (κ2) is 5.46. The van der Waals surface area contributed by atoms with E-state index in [0.717, 1.165) is 13.0 Å². The van der Waals surface area contributed by atoms with Gasteiger partial charge in [-0.1, -0.05) is 37.3 Å². The first-order chi connectivity index (χ1) is 7.75. The molecule has 0 amide bonds. The Morgan fingerprint density at radius 2 is 2.00 bits per heavy atom. The zero-order valence-corrected chi connectivity index (χ0v) is 9.89. The third-order valence-electron chi connectivity index (χ3n) is 3.21. The predicted molar refractivity (Wildman–Crippen MR) is 66.5 cm³/mol. The van der Waals surface area contributed by atoms with Gasteiger partial charge in [0.15, 0.2) is 0 Å². The largest absolute Gasteiger partial charge is 0.392 e. The summed E-state index contributed by atoms with van der Waals surface area (Å²) in [7, 11) is 0. The quantitative estimate of drug-likeness (QED) is 0.769. The first-order valence-electron chi connectivity index (χ1n) is 6.22. The van der Waals surface area contributed by atoms with Crippen molar-refractivity contribution in [3.63, 3.8) is 0 Å². The fourth-order valence-electron chi connectivity index (χ4n) is 2.00. The minimum atomic E-state index is -0.226. The molecule has 1 saturated carbocycles. The highest BCUT2D eigenvalue weighted by Gasteiger charge is 2.21. The lowest BCUT2D eigenvalue weighted by Gasteiger charge is -2.17. The maximum atomic E-state index is 9.90. The van der Waals surface area contributed by atoms with Crippen molar-refractivity contribution >= 4 is 0 Å². The Hall–Kier alpha value is -0.860. The summed E-state index contributed by atoms with van der Waals surface area (Å²) in [5.41, 5.74) is 1.31. The third-order valence-corrected chi connectivity index (χ3v) is 3.21. The molecule has 1 aromatic carbocycles. The van der Waals surface area contributed by atoms with Crippen LogP contribution in [-0.4, -0.2) is 23.8 Å². The zero-order chi connectivity index (χ0) is 11.4. The Balaban J connectivity index is 1.74. The van der Waals surface area contributed by atoms with Crippen LogP contribution in [0.4, 0.5) is 0 Å². The highest BCUT2D eigenvalue weighted by molar-refractivity contribution is 5.18. The van der Waals surface area contributed by atoms with Gasteiger partial charge in [0.2, 0.25) is 0 Å². The fourth-order valence-corrected chi connectivity index (χ4v) is 2.00. The van der Waals surface area contributed by atoms with Gasteiger partial charge < -0.3 is 10.4 Å². The molecule has 0 aromatic heterocycles. The monoisotopic (exact) mass is 219 g/mol. The van der Waals surface area contributed by atoms with E-state index in [1.54, 1.807) is 0 Å². The van der Waals surface area contributed by atoms with Gasteiger partial charge in [0.05, 0.1) is 6.10 Å². The number of benzene rings is 1. The fraction of sp³-hybridized carbons (Fsp3) is 0.571. The van der Waals surface area contributed by atoms with Gasteiger partial charge in [-0.3, -0.25) is 0 Å². The lowest BCUT2D eigenvalue weighted by molar-refractivity contribution is 0.154. The summed E-state index contributed by atoms with van der Waals surface area (Å²) < 4.78 is 0. The van der Waals surface area contributed by atoms with Gasteiger partial charge >= 0.3 is 0 Å². The van der Waals surface area contributed by atoms with Crippen LogP contribution in [0.15, 0.2) is 30.3 Å². The molecule has 0 radical (unpaired) electrons. The van der Waals surface area contributed by atoms with Gasteiger partial charge in [-0.15, -0.1) is 0 Å². The molecule has 1 aliphatic rings. The van der Waals surface area contributed by atoms with E-state index >= 15 is 0 Å². The van der Waals surface area contributed by atoms with Crippen molar-refractivity contribution in [1.82, 2.24) is 5.32 Å². The summed E-state index contributed by atoms with van der Waals surface area (Å²) >= 11 is 0. The van der Waals surface area contributed by atoms with Crippen LogP contribution in [0.2, 0.25) is 0 Å². The summed E-state index contributed by atoms with van der Waals surface area (Å²) in [4.78, 5) is 0. The molecule has 2 heteroatoms. The second-order valence-corrected chi connectivity index (χ2v) is 4.88. The summed E-state index contributed by atoms with van der Waals surface area (Å²) in [6.45, 7) is 2.91. The number of aliphatic hydroxyl groups excluding tert-OH is 1. The van der Waals surface area contributed by atoms with Crippen molar-refractivity contribution in [3.8, 4) is 0 Å². The molecule has 2 atom stereocenters. The Kier molecular flexibility index (Phi) is 3.97. The maximum absolute atomic E-state index is 9.90. The van der Waals surface area contributed by atoms with Crippen LogP contribution in [0.1, 0.15) is 37.7 Å². The number of hydrogen-bond acceptors (Lipinski definition) is 2. The van der Waals surface area contributed by atoms with Crippen LogP contribution >= 0.6 is 0 Å². The van der Waals surface area contributed by atoms with Crippen molar-refractivity contribution in [2.75, 3.05) is 6.54 Å². The lowest BCUT2D eigenvalue weighted by atomic mass is 9.95. The Labute approximate surface area is 97.7 Å². The van der Waals surface area contributed by atoms with Crippen LogP contribution in [0, 0.1) is 0 Å². The first-order valence-corrected chi connectivity index (χ1v) is 6.22. The van der Waals surface area contributed by atoms with Gasteiger partial charge in [-0.05, 0) is 30.7 Å². The van der Waals surface area contributed by atoms with Crippen LogP contribution < -0.4 is 5.32 Å². The number of hydrogen-bond donors (Lipinski definition) is 2. The summed E-state index contributed by atoms with van der Waals surface area (Å²) in [5.74, 6) is 0.428. The molecule has 1 fully saturated rings. The van der Waals surface area contributed by atoms with E-state index in [9.17, 15) is 5.11 Å². The lowest BCUT2D eigenvalue weighted by Crippen LogP contribution is -2.29. The van der Waals surface area contributed by atoms with E-state index in [0.29, 0.717) is 12.0 Å². The van der Waals surface area contributed by atoms with Crippen LogP contribution in [0.25, 0.3) is 0 Å². The molecule has 0 aliphatic heterocycles. The highest BCUT2D eigenvalue weighted by atomic mass is 16.3. The maximum Gasteiger partial charge on any atom is 0.0670 e. The smallest absolute Gasteiger partial charge is 0.0670 e. The van der Waals surface area contributed by atoms with Gasteiger partial charge in [-0.2, -0.15) is 0 Å². The molecule has 1 aromatic rings. The number of nitrogens with one attached hydrogen (secondary N) is 1. The van der Waals surface area contributed by atoms with Crippen molar-refractivity contribution in [2.45, 2.75) is 44.2 Å². The average molecular weight is 219 g/mol. The summed E-state index contributed by atoms with van der Waals surface area (Å²) in [6.07, 6.45) is 3.17. The molecule has 0 bridgehead atoms. The molecule has 2 rings (SSSR count). The molecule has 88 valence electrons. The Morgan fingerprint density at radius 3 is 2.62 bits per heavy atom. The SMILES string of the molecule is CC(CC(O)CNC1CC1)c1ccccc1. The molecule has 0 saturated heterocycles. The van der Waals surface area contributed by atoms with Crippen LogP contribution in [-0.2, 0) is 0 Å². The molecule has 2 N–H and O–H groups in total. The van der Waals surface area contributed by atoms with Crippen molar-refractivity contribution in [1.29, 1.82) is 0 Å². The van der Waals surface area contributed by atoms with E-state index < -0.39 is 0 Å². The van der Waals surface area contributed by atoms with Crippen molar-refractivity contribution in [3.05, 3.63) is 35.9 Å². The number of rotatable bonds is 6. The van der Waals surface area contributed by atoms with Crippen molar-refractivity contribution < 1.29 is 5.11 Å². The minimum Gasteiger partial charge on any atom is -0.392 e. The van der Waals surface area contributed by atoms with Gasteiger partial charge in [0.25, 0.3) is 0 Å². The Bertz CT molecular complexity index is 308. The standard InChI is InChI=1S/C14H21NO/c1-11(12-5-3-2-4-6-12)9-14(16)10-15-13-7-8-13/h2-6,11,13-16H,7-10H2,1H3. The van der Waals surface area contributed by atoms with E-state index in [4.69, 9.17) is 0 Å². The third kappa shape index (κ3) is 3.62. The van der Waals surface area contributed by atoms with E-state index in [2.05, 4.69) is 36.5 Å². The molecular formula is C14H21NO. The van der Waals surface area contributed by atoms with Gasteiger partial charge in [0.1, 0.15) is 0 Å². The highest BCUT2D eigenvalue weighted by Crippen LogP contribution is 2.21. The molecule has 2 nitrogen and oxygen atoms in total. The summed E-state index contributed by atoms with van der Waals surface area (Å²) in [5, 5.41) is 13.3. The van der Waals surface area contributed by atoms with E-state index in [1.165, 1.54) is 18.4 Å². The summed E-state index contributed by atoms with van der Waals surface area (Å²) in [6, 6.07) is 11.1. The first kappa shape index (κ1) is 11.6. The molecule has 0 spiro atoms. The molecular weight excluding hydrogens is 198 g/mol. The average Bonchev–Trinajstić information content (AvgIpc) is 3.11. The normalized spacial score (nSPS) is 19.4. The van der Waals surface area contributed by atoms with E-state index in [1.807, 2.05) is 6.07 Å². The van der Waals surface area contributed by atoms with Crippen LogP contribution in [0.5, 0.6) is 0 Å². The zero-order valence-electron chi connectivity index (χ0n) is 9.89. The molecule has 2 unspecified atom stereocenters. The minimum absolute atomic E-state index is 0.226. The van der Waals surface area contributed by atoms with E-state index in [-0.39, 0.29) is 6.10 Å².